The van der Waals surface area contributed by atoms with Crippen molar-refractivity contribution >= 4 is 0 Å². The Morgan fingerprint density at radius 3 is 2.64 bits per heavy atom. The fourth-order valence-electron chi connectivity index (χ4n) is 2.73. The topological polar surface area (TPSA) is 58.7 Å². The van der Waals surface area contributed by atoms with Crippen molar-refractivity contribution in [3.05, 3.63) is 17.8 Å². The van der Waals surface area contributed by atoms with Crippen molar-refractivity contribution in [2.24, 2.45) is 0 Å². The molecule has 0 bridgehead atoms. The normalized spacial score (nSPS) is 19.5. The zero-order valence-corrected chi connectivity index (χ0v) is 14.3. The SMILES string of the molecule is CC(c1ncc(C(C)(C)C)o1)N1CCC(OCCCO)CC1. The Kier molecular flexibility index (Phi) is 6.01. The minimum Gasteiger partial charge on any atom is -0.443 e. The van der Waals surface area contributed by atoms with Crippen molar-refractivity contribution in [1.29, 1.82) is 0 Å². The van der Waals surface area contributed by atoms with E-state index in [-0.39, 0.29) is 18.1 Å². The van der Waals surface area contributed by atoms with Crippen molar-refractivity contribution in [3.63, 3.8) is 0 Å². The van der Waals surface area contributed by atoms with Crippen LogP contribution in [0.4, 0.5) is 0 Å². The number of oxazole rings is 1. The number of likely N-dealkylation sites (tertiary alicyclic amines) is 1. The first-order chi connectivity index (χ1) is 10.4. The summed E-state index contributed by atoms with van der Waals surface area (Å²) in [5.74, 6) is 1.75. The van der Waals surface area contributed by atoms with E-state index < -0.39 is 0 Å². The van der Waals surface area contributed by atoms with E-state index in [2.05, 4.69) is 37.6 Å². The fourth-order valence-corrected chi connectivity index (χ4v) is 2.73. The highest BCUT2D eigenvalue weighted by Gasteiger charge is 2.28. The number of hydrogen-bond acceptors (Lipinski definition) is 5. The molecular weight excluding hydrogens is 280 g/mol. The molecule has 0 aromatic carbocycles. The molecule has 1 unspecified atom stereocenters. The predicted molar refractivity (Wildman–Crippen MR) is 85.9 cm³/mol. The van der Waals surface area contributed by atoms with Crippen molar-refractivity contribution in [2.75, 3.05) is 26.3 Å². The van der Waals surface area contributed by atoms with Gasteiger partial charge in [0.1, 0.15) is 5.76 Å². The summed E-state index contributed by atoms with van der Waals surface area (Å²) in [5.41, 5.74) is -0.00148. The van der Waals surface area contributed by atoms with Gasteiger partial charge in [-0.1, -0.05) is 20.8 Å². The summed E-state index contributed by atoms with van der Waals surface area (Å²) in [5, 5.41) is 8.79. The first-order valence-electron chi connectivity index (χ1n) is 8.34. The molecule has 1 aliphatic heterocycles. The molecule has 2 heterocycles. The molecule has 126 valence electrons. The molecule has 2 rings (SSSR count). The molecule has 5 nitrogen and oxygen atoms in total. The van der Waals surface area contributed by atoms with Crippen LogP contribution in [0.15, 0.2) is 10.6 Å². The number of ether oxygens (including phenoxy) is 1. The number of aliphatic hydroxyl groups excluding tert-OH is 1. The van der Waals surface area contributed by atoms with Crippen LogP contribution < -0.4 is 0 Å². The average Bonchev–Trinajstić information content (AvgIpc) is 2.97. The Bertz CT molecular complexity index is 445. The zero-order valence-electron chi connectivity index (χ0n) is 14.3. The van der Waals surface area contributed by atoms with Gasteiger partial charge in [0.15, 0.2) is 0 Å². The van der Waals surface area contributed by atoms with Crippen molar-refractivity contribution < 1.29 is 14.3 Å². The summed E-state index contributed by atoms with van der Waals surface area (Å²) in [4.78, 5) is 6.88. The molecule has 1 atom stereocenters. The van der Waals surface area contributed by atoms with E-state index in [9.17, 15) is 0 Å². The van der Waals surface area contributed by atoms with E-state index in [4.69, 9.17) is 14.3 Å². The summed E-state index contributed by atoms with van der Waals surface area (Å²) in [7, 11) is 0. The van der Waals surface area contributed by atoms with Crippen LogP contribution in [-0.4, -0.2) is 47.4 Å². The van der Waals surface area contributed by atoms with Crippen LogP contribution in [0.25, 0.3) is 0 Å². The van der Waals surface area contributed by atoms with E-state index in [1.54, 1.807) is 0 Å². The number of hydrogen-bond donors (Lipinski definition) is 1. The Morgan fingerprint density at radius 2 is 2.09 bits per heavy atom. The van der Waals surface area contributed by atoms with Gasteiger partial charge in [0.05, 0.1) is 18.3 Å². The molecule has 5 heteroatoms. The Morgan fingerprint density at radius 1 is 1.41 bits per heavy atom. The summed E-state index contributed by atoms with van der Waals surface area (Å²) in [6.07, 6.45) is 4.97. The Hall–Kier alpha value is -0.910. The highest BCUT2D eigenvalue weighted by atomic mass is 16.5. The van der Waals surface area contributed by atoms with Crippen LogP contribution in [0.5, 0.6) is 0 Å². The monoisotopic (exact) mass is 310 g/mol. The predicted octanol–water partition coefficient (Wildman–Crippen LogP) is 2.90. The minimum absolute atomic E-state index is 0.00148. The average molecular weight is 310 g/mol. The highest BCUT2D eigenvalue weighted by Crippen LogP contribution is 2.29. The summed E-state index contributed by atoms with van der Waals surface area (Å²) in [6.45, 7) is 11.4. The second-order valence-electron chi connectivity index (χ2n) is 7.17. The van der Waals surface area contributed by atoms with E-state index in [1.165, 1.54) is 0 Å². The second-order valence-corrected chi connectivity index (χ2v) is 7.17. The molecule has 0 spiro atoms. The minimum atomic E-state index is -0.00148. The molecule has 1 fully saturated rings. The molecule has 0 amide bonds. The van der Waals surface area contributed by atoms with Gasteiger partial charge in [-0.3, -0.25) is 4.90 Å². The zero-order chi connectivity index (χ0) is 16.2. The number of piperidine rings is 1. The molecule has 1 aromatic heterocycles. The van der Waals surface area contributed by atoms with Crippen LogP contribution in [0.2, 0.25) is 0 Å². The summed E-state index contributed by atoms with van der Waals surface area (Å²) in [6, 6.07) is 0.203. The van der Waals surface area contributed by atoms with Gasteiger partial charge in [0.2, 0.25) is 5.89 Å². The fraction of sp³-hybridized carbons (Fsp3) is 0.824. The molecule has 0 aliphatic carbocycles. The molecule has 1 N–H and O–H groups in total. The van der Waals surface area contributed by atoms with Gasteiger partial charge in [-0.2, -0.15) is 0 Å². The van der Waals surface area contributed by atoms with Crippen LogP contribution >= 0.6 is 0 Å². The molecule has 1 aromatic rings. The molecule has 22 heavy (non-hydrogen) atoms. The number of aliphatic hydroxyl groups is 1. The van der Waals surface area contributed by atoms with Crippen LogP contribution in [-0.2, 0) is 10.2 Å². The quantitative estimate of drug-likeness (QED) is 0.819. The van der Waals surface area contributed by atoms with Gasteiger partial charge in [-0.25, -0.2) is 4.98 Å². The Labute approximate surface area is 133 Å². The first-order valence-corrected chi connectivity index (χ1v) is 8.34. The van der Waals surface area contributed by atoms with Gasteiger partial charge >= 0.3 is 0 Å². The van der Waals surface area contributed by atoms with Crippen LogP contribution in [0.1, 0.15) is 64.7 Å². The summed E-state index contributed by atoms with van der Waals surface area (Å²) < 4.78 is 11.7. The van der Waals surface area contributed by atoms with Crippen molar-refractivity contribution in [2.45, 2.75) is 64.5 Å². The Balaban J connectivity index is 1.84. The lowest BCUT2D eigenvalue weighted by molar-refractivity contribution is -0.00754. The third-order valence-corrected chi connectivity index (χ3v) is 4.30. The number of nitrogens with zero attached hydrogens (tertiary/aromatic N) is 2. The third kappa shape index (κ3) is 4.54. The second kappa shape index (κ2) is 7.57. The van der Waals surface area contributed by atoms with E-state index in [1.807, 2.05) is 6.20 Å². The van der Waals surface area contributed by atoms with Crippen molar-refractivity contribution in [1.82, 2.24) is 9.88 Å². The molecule has 0 saturated carbocycles. The molecule has 1 saturated heterocycles. The van der Waals surface area contributed by atoms with Gasteiger partial charge in [0, 0.05) is 31.7 Å². The molecule has 1 aliphatic rings. The lowest BCUT2D eigenvalue weighted by Gasteiger charge is -2.34. The number of rotatable bonds is 6. The smallest absolute Gasteiger partial charge is 0.211 e. The van der Waals surface area contributed by atoms with E-state index in [0.717, 1.165) is 44.0 Å². The third-order valence-electron chi connectivity index (χ3n) is 4.30. The van der Waals surface area contributed by atoms with Gasteiger partial charge in [-0.15, -0.1) is 0 Å². The van der Waals surface area contributed by atoms with E-state index in [0.29, 0.717) is 12.7 Å². The molecular formula is C17H30N2O3. The largest absolute Gasteiger partial charge is 0.443 e. The standard InChI is InChI=1S/C17H30N2O3/c1-13(16-18-12-15(22-16)17(2,3)4)19-8-6-14(7-9-19)21-11-5-10-20/h12-14,20H,5-11H2,1-4H3. The lowest BCUT2D eigenvalue weighted by atomic mass is 9.94. The highest BCUT2D eigenvalue weighted by molar-refractivity contribution is 5.07. The van der Waals surface area contributed by atoms with E-state index >= 15 is 0 Å². The van der Waals surface area contributed by atoms with Gasteiger partial charge < -0.3 is 14.3 Å². The summed E-state index contributed by atoms with van der Waals surface area (Å²) >= 11 is 0. The number of aromatic nitrogens is 1. The first kappa shape index (κ1) is 17.4. The maximum atomic E-state index is 8.79. The molecule has 0 radical (unpaired) electrons. The maximum absolute atomic E-state index is 8.79. The van der Waals surface area contributed by atoms with Gasteiger partial charge in [0.25, 0.3) is 0 Å². The van der Waals surface area contributed by atoms with Crippen molar-refractivity contribution in [3.8, 4) is 0 Å². The van der Waals surface area contributed by atoms with Gasteiger partial charge in [-0.05, 0) is 26.2 Å². The lowest BCUT2D eigenvalue weighted by Crippen LogP contribution is -2.38. The van der Waals surface area contributed by atoms with Crippen LogP contribution in [0.3, 0.4) is 0 Å². The van der Waals surface area contributed by atoms with Crippen LogP contribution in [0, 0.1) is 0 Å². The maximum Gasteiger partial charge on any atom is 0.211 e.